The number of nitrogens with one attached hydrogen (secondary N) is 1. The topological polar surface area (TPSA) is 32.3 Å². The van der Waals surface area contributed by atoms with Crippen LogP contribution in [0.1, 0.15) is 46.5 Å². The normalized spacial score (nSPS) is 24.8. The summed E-state index contributed by atoms with van der Waals surface area (Å²) in [6, 6.07) is 0.625. The molecule has 16 heavy (non-hydrogen) atoms. The first-order valence-corrected chi connectivity index (χ1v) is 6.10. The van der Waals surface area contributed by atoms with Crippen molar-refractivity contribution in [2.24, 2.45) is 0 Å². The molecule has 3 nitrogen and oxygen atoms in total. The van der Waals surface area contributed by atoms with Gasteiger partial charge < -0.3 is 10.0 Å². The van der Waals surface area contributed by atoms with Gasteiger partial charge in [0.15, 0.2) is 16.0 Å². The van der Waals surface area contributed by atoms with E-state index in [4.69, 9.17) is 16.0 Å². The van der Waals surface area contributed by atoms with Gasteiger partial charge in [-0.2, -0.15) is 0 Å². The minimum atomic E-state index is 0.107. The Bertz CT molecular complexity index is 202. The number of hydrogen-bond donors (Lipinski definition) is 1. The molecule has 0 spiro atoms. The molecular formula is C11H22B2N2O. The number of Topliss-reactive ketones (excluding diaryl/α,β-unsaturated/α-hetero) is 1. The molecule has 0 bridgehead atoms. The fourth-order valence-electron chi connectivity index (χ4n) is 2.00. The Hall–Kier alpha value is -0.280. The summed E-state index contributed by atoms with van der Waals surface area (Å²) in [5.74, 6) is 0.107. The summed E-state index contributed by atoms with van der Waals surface area (Å²) in [5.41, 5.74) is 0. The molecule has 1 saturated carbocycles. The van der Waals surface area contributed by atoms with Gasteiger partial charge >= 0.3 is 0 Å². The molecule has 5 heteroatoms. The summed E-state index contributed by atoms with van der Waals surface area (Å²) in [6.45, 7) is 5.89. The molecule has 0 saturated heterocycles. The van der Waals surface area contributed by atoms with E-state index in [2.05, 4.69) is 5.23 Å². The van der Waals surface area contributed by atoms with Crippen molar-refractivity contribution in [1.29, 1.82) is 0 Å². The van der Waals surface area contributed by atoms with Crippen molar-refractivity contribution >= 4 is 21.7 Å². The maximum atomic E-state index is 10.9. The number of ketones is 1. The van der Waals surface area contributed by atoms with Gasteiger partial charge in [-0.25, -0.2) is 0 Å². The van der Waals surface area contributed by atoms with Gasteiger partial charge in [-0.3, -0.25) is 4.79 Å². The van der Waals surface area contributed by atoms with Crippen molar-refractivity contribution in [3.8, 4) is 0 Å². The van der Waals surface area contributed by atoms with E-state index in [0.717, 1.165) is 25.7 Å². The molecule has 0 aliphatic heterocycles. The minimum absolute atomic E-state index is 0.107. The molecule has 0 aromatic carbocycles. The van der Waals surface area contributed by atoms with Crippen LogP contribution in [0, 0.1) is 0 Å². The Morgan fingerprint density at radius 1 is 1.44 bits per heavy atom. The van der Waals surface area contributed by atoms with E-state index in [1.807, 2.05) is 13.8 Å². The van der Waals surface area contributed by atoms with Gasteiger partial charge in [0.2, 0.25) is 0 Å². The molecule has 0 heterocycles. The van der Waals surface area contributed by atoms with Crippen LogP contribution in [0.25, 0.3) is 0 Å². The highest BCUT2D eigenvalue weighted by Gasteiger charge is 2.23. The molecule has 1 fully saturated rings. The first kappa shape index (κ1) is 15.7. The number of rotatable bonds is 4. The molecule has 2 unspecified atom stereocenters. The maximum Gasteiger partial charge on any atom is 0.183 e. The monoisotopic (exact) mass is 220 g/mol. The summed E-state index contributed by atoms with van der Waals surface area (Å²) in [4.78, 5) is 12.5. The Labute approximate surface area is 102 Å². The highest BCUT2D eigenvalue weighted by molar-refractivity contribution is 6.06. The lowest BCUT2D eigenvalue weighted by Crippen LogP contribution is -2.44. The SMILES string of the molecule is CC.[B]NC1CCCC(N([B])CC(C)=O)C1. The molecule has 1 aliphatic carbocycles. The second-order valence-corrected chi connectivity index (χ2v) is 4.06. The van der Waals surface area contributed by atoms with Crippen molar-refractivity contribution in [2.75, 3.05) is 6.54 Å². The van der Waals surface area contributed by atoms with E-state index in [0.29, 0.717) is 12.6 Å². The van der Waals surface area contributed by atoms with Crippen LogP contribution in [-0.4, -0.2) is 45.2 Å². The quantitative estimate of drug-likeness (QED) is 0.716. The van der Waals surface area contributed by atoms with E-state index in [1.54, 1.807) is 11.7 Å². The lowest BCUT2D eigenvalue weighted by molar-refractivity contribution is -0.117. The summed E-state index contributed by atoms with van der Waals surface area (Å²) in [7, 11) is 11.2. The molecule has 1 N–H and O–H groups in total. The van der Waals surface area contributed by atoms with Crippen LogP contribution in [0.2, 0.25) is 0 Å². The van der Waals surface area contributed by atoms with Gasteiger partial charge in [-0.1, -0.05) is 20.3 Å². The Morgan fingerprint density at radius 2 is 2.06 bits per heavy atom. The van der Waals surface area contributed by atoms with Gasteiger partial charge in [0.25, 0.3) is 0 Å². The predicted octanol–water partition coefficient (Wildman–Crippen LogP) is 0.971. The van der Waals surface area contributed by atoms with E-state index in [1.165, 1.54) is 0 Å². The average Bonchev–Trinajstić information content (AvgIpc) is 2.31. The van der Waals surface area contributed by atoms with Crippen molar-refractivity contribution in [2.45, 2.75) is 58.5 Å². The summed E-state index contributed by atoms with van der Waals surface area (Å²) < 4.78 is 0. The van der Waals surface area contributed by atoms with E-state index >= 15 is 0 Å². The van der Waals surface area contributed by atoms with Crippen LogP contribution < -0.4 is 5.23 Å². The number of carbonyl (C=O) groups excluding carboxylic acids is 1. The van der Waals surface area contributed by atoms with Gasteiger partial charge in [-0.05, 0) is 38.3 Å². The lowest BCUT2D eigenvalue weighted by atomic mass is 9.87. The van der Waals surface area contributed by atoms with E-state index < -0.39 is 0 Å². The standard InChI is InChI=1S/C9H16B2N2O.C2H6/c1-7(14)6-13(11)9-4-2-3-8(5-9)12-10;1-2/h8-9,12H,2-6H2,1H3;1-2H3. The number of hydrogen-bond acceptors (Lipinski definition) is 3. The average molecular weight is 220 g/mol. The smallest absolute Gasteiger partial charge is 0.183 e. The van der Waals surface area contributed by atoms with Gasteiger partial charge in [0, 0.05) is 6.54 Å². The first-order valence-electron chi connectivity index (χ1n) is 6.10. The molecule has 88 valence electrons. The van der Waals surface area contributed by atoms with Crippen LogP contribution in [0.4, 0.5) is 0 Å². The molecule has 1 rings (SSSR count). The maximum absolute atomic E-state index is 10.9. The molecular weight excluding hydrogens is 198 g/mol. The first-order chi connectivity index (χ1) is 7.63. The molecule has 2 atom stereocenters. The molecule has 0 amide bonds. The van der Waals surface area contributed by atoms with Gasteiger partial charge in [-0.15, -0.1) is 0 Å². The Morgan fingerprint density at radius 3 is 2.56 bits per heavy atom. The minimum Gasteiger partial charge on any atom is -0.364 e. The third-order valence-electron chi connectivity index (χ3n) is 2.76. The van der Waals surface area contributed by atoms with Crippen molar-refractivity contribution in [3.05, 3.63) is 0 Å². The van der Waals surface area contributed by atoms with Crippen molar-refractivity contribution < 1.29 is 4.79 Å². The van der Waals surface area contributed by atoms with Crippen molar-refractivity contribution in [1.82, 2.24) is 10.0 Å². The highest BCUT2D eigenvalue weighted by Crippen LogP contribution is 2.21. The zero-order valence-corrected chi connectivity index (χ0v) is 10.7. The third kappa shape index (κ3) is 5.71. The van der Waals surface area contributed by atoms with Crippen LogP contribution in [-0.2, 0) is 4.79 Å². The lowest BCUT2D eigenvalue weighted by Gasteiger charge is -2.35. The fourth-order valence-corrected chi connectivity index (χ4v) is 2.00. The molecule has 1 aliphatic rings. The van der Waals surface area contributed by atoms with Gasteiger partial charge in [0.1, 0.15) is 5.78 Å². The molecule has 0 aromatic rings. The summed E-state index contributed by atoms with van der Waals surface area (Å²) >= 11 is 0. The zero-order chi connectivity index (χ0) is 12.6. The highest BCUT2D eigenvalue weighted by atomic mass is 16.1. The zero-order valence-electron chi connectivity index (χ0n) is 10.7. The third-order valence-corrected chi connectivity index (χ3v) is 2.76. The van der Waals surface area contributed by atoms with Crippen LogP contribution >= 0.6 is 0 Å². The van der Waals surface area contributed by atoms with Gasteiger partial charge in [0.05, 0.1) is 0 Å². The van der Waals surface area contributed by atoms with Crippen molar-refractivity contribution in [3.63, 3.8) is 0 Å². The summed E-state index contributed by atoms with van der Waals surface area (Å²) in [6.07, 6.45) is 4.20. The van der Waals surface area contributed by atoms with E-state index in [9.17, 15) is 4.79 Å². The Balaban J connectivity index is 0.00000106. The fraction of sp³-hybridized carbons (Fsp3) is 0.909. The predicted molar refractivity (Wildman–Crippen MR) is 69.4 cm³/mol. The Kier molecular flexibility index (Phi) is 8.67. The van der Waals surface area contributed by atoms with Crippen LogP contribution in [0.3, 0.4) is 0 Å². The van der Waals surface area contributed by atoms with Crippen LogP contribution in [0.5, 0.6) is 0 Å². The molecule has 0 aromatic heterocycles. The summed E-state index contributed by atoms with van der Waals surface area (Å²) in [5, 5.41) is 2.77. The number of nitrogens with zero attached hydrogens (tertiary/aromatic N) is 1. The largest absolute Gasteiger partial charge is 0.364 e. The second kappa shape index (κ2) is 8.82. The van der Waals surface area contributed by atoms with Crippen LogP contribution in [0.15, 0.2) is 0 Å². The van der Waals surface area contributed by atoms with E-state index in [-0.39, 0.29) is 11.8 Å². The second-order valence-electron chi connectivity index (χ2n) is 4.06. The molecule has 4 radical (unpaired) electrons. The number of carbonyl (C=O) groups is 1.